The Morgan fingerprint density at radius 3 is 1.64 bits per heavy atom. The summed E-state index contributed by atoms with van der Waals surface area (Å²) in [5, 5.41) is 6.39. The molecule has 4 aromatic rings. The smallest absolute Gasteiger partial charge is 0.310 e. The Bertz CT molecular complexity index is 1220. The first-order chi connectivity index (χ1) is 16.2. The van der Waals surface area contributed by atoms with E-state index in [9.17, 15) is 9.59 Å². The summed E-state index contributed by atoms with van der Waals surface area (Å²) in [7, 11) is 0. The van der Waals surface area contributed by atoms with Crippen molar-refractivity contribution in [2.24, 2.45) is 0 Å². The van der Waals surface area contributed by atoms with E-state index in [-0.39, 0.29) is 24.7 Å². The first-order valence-electron chi connectivity index (χ1n) is 10.4. The van der Waals surface area contributed by atoms with Crippen molar-refractivity contribution in [3.63, 3.8) is 0 Å². The predicted octanol–water partition coefficient (Wildman–Crippen LogP) is 3.29. The van der Waals surface area contributed by atoms with Gasteiger partial charge in [0.05, 0.1) is 18.1 Å². The number of rotatable bonds is 6. The molecule has 2 aromatic heterocycles. The topological polar surface area (TPSA) is 104 Å². The lowest BCUT2D eigenvalue weighted by atomic mass is 10.3. The van der Waals surface area contributed by atoms with E-state index >= 15 is 0 Å². The van der Waals surface area contributed by atoms with E-state index in [4.69, 9.17) is 0 Å². The zero-order valence-corrected chi connectivity index (χ0v) is 17.5. The molecule has 0 spiro atoms. The minimum atomic E-state index is -0.193. The number of benzene rings is 2. The summed E-state index contributed by atoms with van der Waals surface area (Å²) in [4.78, 5) is 38.8. The van der Waals surface area contributed by atoms with Gasteiger partial charge in [-0.1, -0.05) is 36.4 Å². The van der Waals surface area contributed by atoms with Crippen LogP contribution in [0.15, 0.2) is 85.2 Å². The molecule has 3 heterocycles. The van der Waals surface area contributed by atoms with Crippen molar-refractivity contribution < 1.29 is 14.2 Å². The largest absolute Gasteiger partial charge is 0.444 e. The molecular formula is C24H20N7O2+. The van der Waals surface area contributed by atoms with Gasteiger partial charge in [-0.15, -0.1) is 4.98 Å². The summed E-state index contributed by atoms with van der Waals surface area (Å²) >= 11 is 0. The highest BCUT2D eigenvalue weighted by atomic mass is 16.2. The van der Waals surface area contributed by atoms with Gasteiger partial charge in [0.1, 0.15) is 0 Å². The lowest BCUT2D eigenvalue weighted by Gasteiger charge is -2.13. The quantitative estimate of drug-likeness (QED) is 0.352. The minimum Gasteiger partial charge on any atom is -0.310 e. The average molecular weight is 438 g/mol. The molecule has 0 unspecified atom stereocenters. The number of anilines is 5. The lowest BCUT2D eigenvalue weighted by molar-refractivity contribution is -0.603. The van der Waals surface area contributed by atoms with Crippen molar-refractivity contribution in [1.29, 1.82) is 0 Å². The molecule has 1 aliphatic rings. The Morgan fingerprint density at radius 1 is 0.667 bits per heavy atom. The number of hydrogen-bond acceptors (Lipinski definition) is 7. The molecule has 1 saturated heterocycles. The van der Waals surface area contributed by atoms with Crippen LogP contribution in [0.5, 0.6) is 0 Å². The zero-order valence-electron chi connectivity index (χ0n) is 17.5. The molecule has 5 rings (SSSR count). The van der Waals surface area contributed by atoms with Gasteiger partial charge >= 0.3 is 17.8 Å². The van der Waals surface area contributed by atoms with Crippen LogP contribution < -0.4 is 20.1 Å². The fourth-order valence-electron chi connectivity index (χ4n) is 3.46. The molecule has 0 aliphatic carbocycles. The van der Waals surface area contributed by atoms with E-state index in [1.165, 1.54) is 4.90 Å². The van der Waals surface area contributed by atoms with Gasteiger partial charge in [-0.05, 0) is 46.4 Å². The molecule has 2 amide bonds. The molecule has 9 nitrogen and oxygen atoms in total. The Hall–Kier alpha value is -4.66. The Balaban J connectivity index is 1.48. The third kappa shape index (κ3) is 4.52. The number of para-hydroxylation sites is 2. The van der Waals surface area contributed by atoms with Crippen LogP contribution in [0.4, 0.5) is 29.0 Å². The molecule has 1 aliphatic heterocycles. The number of carbonyl (C=O) groups is 2. The number of pyridine rings is 1. The van der Waals surface area contributed by atoms with E-state index in [0.717, 1.165) is 11.4 Å². The second kappa shape index (κ2) is 8.83. The van der Waals surface area contributed by atoms with Crippen LogP contribution in [0.2, 0.25) is 0 Å². The molecule has 9 heteroatoms. The highest BCUT2D eigenvalue weighted by Crippen LogP contribution is 2.21. The summed E-state index contributed by atoms with van der Waals surface area (Å²) in [5.74, 6) is 0.716. The third-order valence-corrected chi connectivity index (χ3v) is 5.04. The highest BCUT2D eigenvalue weighted by Gasteiger charge is 2.30. The van der Waals surface area contributed by atoms with Crippen LogP contribution in [0, 0.1) is 0 Å². The fraction of sp³-hybridized carbons (Fsp3) is 0.0833. The summed E-state index contributed by atoms with van der Waals surface area (Å²) in [5.41, 5.74) is 2.21. The standard InChI is InChI=1S/C24H20N7O2/c32-20-11-12-21(33)31(20)19-13-15-30(16-14-19)24-28-22(25-17-7-3-1-4-8-17)27-23(29-24)26-18-9-5-2-6-10-18/h1-10,13-16H,11-12H2,(H2,25,26,27,28,29)/q+1. The van der Waals surface area contributed by atoms with Crippen molar-refractivity contribution in [2.75, 3.05) is 15.5 Å². The first kappa shape index (κ1) is 20.3. The maximum Gasteiger partial charge on any atom is 0.444 e. The molecule has 33 heavy (non-hydrogen) atoms. The molecule has 0 bridgehead atoms. The second-order valence-electron chi connectivity index (χ2n) is 7.35. The molecule has 0 saturated carbocycles. The molecule has 0 radical (unpaired) electrons. The van der Waals surface area contributed by atoms with E-state index in [1.54, 1.807) is 29.1 Å². The highest BCUT2D eigenvalue weighted by molar-refractivity contribution is 6.19. The summed E-state index contributed by atoms with van der Waals surface area (Å²) in [6, 6.07) is 22.6. The Labute approximate surface area is 189 Å². The zero-order chi connectivity index (χ0) is 22.6. The van der Waals surface area contributed by atoms with Crippen molar-refractivity contribution in [2.45, 2.75) is 12.8 Å². The molecule has 162 valence electrons. The predicted molar refractivity (Wildman–Crippen MR) is 123 cm³/mol. The van der Waals surface area contributed by atoms with Gasteiger partial charge in [0, 0.05) is 24.2 Å². The van der Waals surface area contributed by atoms with E-state index < -0.39 is 0 Å². The number of aromatic nitrogens is 4. The summed E-state index contributed by atoms with van der Waals surface area (Å²) < 4.78 is 1.70. The lowest BCUT2D eigenvalue weighted by Crippen LogP contribution is -2.35. The normalized spacial score (nSPS) is 13.3. The summed E-state index contributed by atoms with van der Waals surface area (Å²) in [6.07, 6.45) is 3.90. The molecule has 2 N–H and O–H groups in total. The molecule has 0 atom stereocenters. The van der Waals surface area contributed by atoms with Crippen molar-refractivity contribution >= 4 is 40.8 Å². The van der Waals surface area contributed by atoms with Crippen LogP contribution >= 0.6 is 0 Å². The van der Waals surface area contributed by atoms with E-state index in [0.29, 0.717) is 23.5 Å². The van der Waals surface area contributed by atoms with Gasteiger partial charge in [0.2, 0.25) is 11.8 Å². The SMILES string of the molecule is O=C1CCC(=O)N1c1cc[n+](-c2nc(Nc3ccccc3)nc(Nc3ccccc3)n2)cc1. The van der Waals surface area contributed by atoms with Gasteiger partial charge in [0.15, 0.2) is 0 Å². The molecule has 1 fully saturated rings. The number of amides is 2. The van der Waals surface area contributed by atoms with E-state index in [2.05, 4.69) is 25.6 Å². The maximum atomic E-state index is 12.0. The maximum absolute atomic E-state index is 12.0. The monoisotopic (exact) mass is 438 g/mol. The van der Waals surface area contributed by atoms with Crippen LogP contribution in [0.25, 0.3) is 5.95 Å². The number of hydrogen-bond donors (Lipinski definition) is 2. The van der Waals surface area contributed by atoms with E-state index in [1.807, 2.05) is 60.7 Å². The van der Waals surface area contributed by atoms with Gasteiger partial charge in [-0.25, -0.2) is 4.57 Å². The van der Waals surface area contributed by atoms with Gasteiger partial charge in [-0.3, -0.25) is 14.5 Å². The average Bonchev–Trinajstić information content (AvgIpc) is 3.18. The van der Waals surface area contributed by atoms with Crippen LogP contribution in [-0.4, -0.2) is 26.8 Å². The fourth-order valence-corrected chi connectivity index (χ4v) is 3.46. The Morgan fingerprint density at radius 2 is 1.15 bits per heavy atom. The van der Waals surface area contributed by atoms with Crippen LogP contribution in [-0.2, 0) is 9.59 Å². The Kier molecular flexibility index (Phi) is 5.42. The number of imide groups is 1. The van der Waals surface area contributed by atoms with Gasteiger partial charge in [0.25, 0.3) is 0 Å². The van der Waals surface area contributed by atoms with Gasteiger partial charge < -0.3 is 10.6 Å². The molecule has 2 aromatic carbocycles. The first-order valence-corrected chi connectivity index (χ1v) is 10.4. The third-order valence-electron chi connectivity index (χ3n) is 5.04. The van der Waals surface area contributed by atoms with Crippen LogP contribution in [0.1, 0.15) is 12.8 Å². The second-order valence-corrected chi connectivity index (χ2v) is 7.35. The minimum absolute atomic E-state index is 0.193. The number of carbonyl (C=O) groups excluding carboxylic acids is 2. The van der Waals surface area contributed by atoms with Crippen molar-refractivity contribution in [3.05, 3.63) is 85.2 Å². The molecular weight excluding hydrogens is 418 g/mol. The summed E-state index contributed by atoms with van der Waals surface area (Å²) in [6.45, 7) is 0. The van der Waals surface area contributed by atoms with Crippen molar-refractivity contribution in [3.8, 4) is 5.95 Å². The van der Waals surface area contributed by atoms with Gasteiger partial charge in [-0.2, -0.15) is 0 Å². The van der Waals surface area contributed by atoms with Crippen LogP contribution in [0.3, 0.4) is 0 Å². The van der Waals surface area contributed by atoms with Crippen molar-refractivity contribution in [1.82, 2.24) is 15.0 Å². The number of nitrogens with zero attached hydrogens (tertiary/aromatic N) is 5. The number of nitrogens with one attached hydrogen (secondary N) is 2.